The Morgan fingerprint density at radius 2 is 1.88 bits per heavy atom. The van der Waals surface area contributed by atoms with Crippen molar-refractivity contribution in [2.45, 2.75) is 12.6 Å². The average Bonchev–Trinajstić information content (AvgIpc) is 2.64. The highest BCUT2D eigenvalue weighted by Crippen LogP contribution is 2.13. The summed E-state index contributed by atoms with van der Waals surface area (Å²) in [7, 11) is 3.73. The van der Waals surface area contributed by atoms with Crippen molar-refractivity contribution in [2.24, 2.45) is 0 Å². The van der Waals surface area contributed by atoms with Gasteiger partial charge in [-0.15, -0.1) is 0 Å². The largest absolute Gasteiger partial charge is 0.394 e. The van der Waals surface area contributed by atoms with Crippen molar-refractivity contribution in [3.8, 4) is 0 Å². The highest BCUT2D eigenvalue weighted by Gasteiger charge is 2.20. The van der Waals surface area contributed by atoms with E-state index in [4.69, 9.17) is 0 Å². The number of nitrogens with one attached hydrogen (secondary N) is 2. The van der Waals surface area contributed by atoms with Crippen LogP contribution in [0, 0.1) is 0 Å². The molecular weight excluding hydrogens is 320 g/mol. The van der Waals surface area contributed by atoms with Crippen molar-refractivity contribution in [2.75, 3.05) is 25.6 Å². The first-order valence-electron chi connectivity index (χ1n) is 7.88. The molecule has 0 unspecified atom stereocenters. The topological polar surface area (TPSA) is 94.6 Å². The second kappa shape index (κ2) is 8.79. The molecule has 0 bridgehead atoms. The Labute approximate surface area is 146 Å². The van der Waals surface area contributed by atoms with Crippen molar-refractivity contribution in [1.29, 1.82) is 0 Å². The molecule has 25 heavy (non-hydrogen) atoms. The van der Waals surface area contributed by atoms with Crippen molar-refractivity contribution in [3.63, 3.8) is 0 Å². The number of aromatic nitrogens is 1. The van der Waals surface area contributed by atoms with E-state index >= 15 is 0 Å². The number of amides is 2. The molecule has 7 heteroatoms. The molecule has 2 amide bonds. The number of carbonyl (C=O) groups excluding carboxylic acids is 2. The normalized spacial score (nSPS) is 11.5. The maximum atomic E-state index is 12.3. The Balaban J connectivity index is 1.98. The molecule has 1 aromatic heterocycles. The van der Waals surface area contributed by atoms with Crippen LogP contribution in [0.1, 0.15) is 15.9 Å². The number of anilines is 1. The highest BCUT2D eigenvalue weighted by atomic mass is 16.3. The van der Waals surface area contributed by atoms with E-state index in [-0.39, 0.29) is 6.54 Å². The van der Waals surface area contributed by atoms with Crippen LogP contribution < -0.4 is 15.5 Å². The number of rotatable bonds is 7. The smallest absolute Gasteiger partial charge is 0.251 e. The minimum Gasteiger partial charge on any atom is -0.394 e. The van der Waals surface area contributed by atoms with Gasteiger partial charge >= 0.3 is 0 Å². The zero-order valence-electron chi connectivity index (χ0n) is 14.3. The monoisotopic (exact) mass is 342 g/mol. The molecule has 0 aliphatic heterocycles. The van der Waals surface area contributed by atoms with Crippen LogP contribution in [-0.2, 0) is 11.3 Å². The summed E-state index contributed by atoms with van der Waals surface area (Å²) in [6.07, 6.45) is 1.68. The van der Waals surface area contributed by atoms with E-state index in [0.29, 0.717) is 5.56 Å². The van der Waals surface area contributed by atoms with Crippen LogP contribution >= 0.6 is 0 Å². The lowest BCUT2D eigenvalue weighted by Gasteiger charge is -2.19. The van der Waals surface area contributed by atoms with Gasteiger partial charge in [0.05, 0.1) is 6.61 Å². The summed E-state index contributed by atoms with van der Waals surface area (Å²) < 4.78 is 0. The lowest BCUT2D eigenvalue weighted by molar-refractivity contribution is -0.124. The minimum absolute atomic E-state index is 0.248. The van der Waals surface area contributed by atoms with Crippen LogP contribution in [0.3, 0.4) is 0 Å². The van der Waals surface area contributed by atoms with Crippen molar-refractivity contribution in [3.05, 3.63) is 59.8 Å². The highest BCUT2D eigenvalue weighted by molar-refractivity contribution is 5.97. The van der Waals surface area contributed by atoms with Crippen molar-refractivity contribution in [1.82, 2.24) is 15.6 Å². The predicted octanol–water partition coefficient (Wildman–Crippen LogP) is 0.555. The number of hydrogen-bond acceptors (Lipinski definition) is 5. The summed E-state index contributed by atoms with van der Waals surface area (Å²) in [5.74, 6) is -0.123. The molecule has 0 aliphatic rings. The molecule has 1 atom stereocenters. The third kappa shape index (κ3) is 5.02. The third-order valence-corrected chi connectivity index (χ3v) is 3.58. The zero-order valence-corrected chi connectivity index (χ0v) is 14.3. The van der Waals surface area contributed by atoms with Gasteiger partial charge in [0, 0.05) is 38.0 Å². The Kier molecular flexibility index (Phi) is 6.47. The SMILES string of the molecule is CN(C)c1ncccc1CNC(=O)[C@@H](CO)NC(=O)c1ccccc1. The van der Waals surface area contributed by atoms with Gasteiger partial charge in [-0.3, -0.25) is 9.59 Å². The Bertz CT molecular complexity index is 719. The fourth-order valence-corrected chi connectivity index (χ4v) is 2.30. The van der Waals surface area contributed by atoms with Gasteiger partial charge in [0.1, 0.15) is 11.9 Å². The Hall–Kier alpha value is -2.93. The molecule has 0 saturated heterocycles. The van der Waals surface area contributed by atoms with Crippen LogP contribution in [0.15, 0.2) is 48.7 Å². The number of hydrogen-bond donors (Lipinski definition) is 3. The van der Waals surface area contributed by atoms with Gasteiger partial charge in [-0.2, -0.15) is 0 Å². The number of nitrogens with zero attached hydrogens (tertiary/aromatic N) is 2. The quantitative estimate of drug-likeness (QED) is 0.683. The first-order valence-corrected chi connectivity index (χ1v) is 7.88. The minimum atomic E-state index is -1.02. The van der Waals surface area contributed by atoms with E-state index < -0.39 is 24.5 Å². The Morgan fingerprint density at radius 3 is 2.52 bits per heavy atom. The van der Waals surface area contributed by atoms with Crippen molar-refractivity contribution < 1.29 is 14.7 Å². The molecule has 132 valence electrons. The van der Waals surface area contributed by atoms with Gasteiger partial charge < -0.3 is 20.6 Å². The first-order chi connectivity index (χ1) is 12.0. The van der Waals surface area contributed by atoms with Gasteiger partial charge in [0.2, 0.25) is 5.91 Å². The van der Waals surface area contributed by atoms with E-state index in [9.17, 15) is 14.7 Å². The van der Waals surface area contributed by atoms with E-state index in [1.807, 2.05) is 25.1 Å². The summed E-state index contributed by atoms with van der Waals surface area (Å²) in [6, 6.07) is 11.2. The van der Waals surface area contributed by atoms with E-state index in [1.54, 1.807) is 42.6 Å². The summed E-state index contributed by atoms with van der Waals surface area (Å²) in [4.78, 5) is 30.5. The molecule has 3 N–H and O–H groups in total. The van der Waals surface area contributed by atoms with Crippen LogP contribution in [0.25, 0.3) is 0 Å². The molecule has 2 aromatic rings. The average molecular weight is 342 g/mol. The first kappa shape index (κ1) is 18.4. The molecule has 1 heterocycles. The maximum Gasteiger partial charge on any atom is 0.251 e. The van der Waals surface area contributed by atoms with E-state index in [2.05, 4.69) is 15.6 Å². The number of aliphatic hydroxyl groups is 1. The van der Waals surface area contributed by atoms with Gasteiger partial charge in [0.25, 0.3) is 5.91 Å². The van der Waals surface area contributed by atoms with Gasteiger partial charge in [0.15, 0.2) is 0 Å². The zero-order chi connectivity index (χ0) is 18.2. The molecule has 0 aliphatic carbocycles. The molecule has 1 aromatic carbocycles. The second-order valence-electron chi connectivity index (χ2n) is 5.67. The van der Waals surface area contributed by atoms with Gasteiger partial charge in [-0.05, 0) is 18.2 Å². The van der Waals surface area contributed by atoms with Crippen LogP contribution in [0.4, 0.5) is 5.82 Å². The molecule has 0 spiro atoms. The fourth-order valence-electron chi connectivity index (χ4n) is 2.30. The standard InChI is InChI=1S/C18H22N4O3/c1-22(2)16-14(9-6-10-19-16)11-20-18(25)15(12-23)21-17(24)13-7-4-3-5-8-13/h3-10,15,23H,11-12H2,1-2H3,(H,20,25)(H,21,24)/t15-/m1/s1. The summed E-state index contributed by atoms with van der Waals surface area (Å²) in [5.41, 5.74) is 1.27. The Morgan fingerprint density at radius 1 is 1.16 bits per heavy atom. The van der Waals surface area contributed by atoms with E-state index in [1.165, 1.54) is 0 Å². The number of pyridine rings is 1. The molecule has 0 saturated carbocycles. The fraction of sp³-hybridized carbons (Fsp3) is 0.278. The summed E-state index contributed by atoms with van der Waals surface area (Å²) >= 11 is 0. The molecule has 2 rings (SSSR count). The van der Waals surface area contributed by atoms with Crippen LogP contribution in [-0.4, -0.2) is 48.6 Å². The summed E-state index contributed by atoms with van der Waals surface area (Å²) in [6.45, 7) is -0.240. The van der Waals surface area contributed by atoms with E-state index in [0.717, 1.165) is 11.4 Å². The molecule has 0 fully saturated rings. The number of aliphatic hydroxyl groups excluding tert-OH is 1. The second-order valence-corrected chi connectivity index (χ2v) is 5.67. The molecule has 7 nitrogen and oxygen atoms in total. The lowest BCUT2D eigenvalue weighted by Crippen LogP contribution is -2.48. The molecule has 0 radical (unpaired) electrons. The van der Waals surface area contributed by atoms with Crippen molar-refractivity contribution >= 4 is 17.6 Å². The maximum absolute atomic E-state index is 12.3. The number of carbonyl (C=O) groups is 2. The predicted molar refractivity (Wildman–Crippen MR) is 95.2 cm³/mol. The molecular formula is C18H22N4O3. The van der Waals surface area contributed by atoms with Crippen LogP contribution in [0.5, 0.6) is 0 Å². The van der Waals surface area contributed by atoms with Gasteiger partial charge in [-0.25, -0.2) is 4.98 Å². The van der Waals surface area contributed by atoms with Gasteiger partial charge in [-0.1, -0.05) is 24.3 Å². The van der Waals surface area contributed by atoms with Crippen LogP contribution in [0.2, 0.25) is 0 Å². The lowest BCUT2D eigenvalue weighted by atomic mass is 10.2. The third-order valence-electron chi connectivity index (χ3n) is 3.58. The number of benzene rings is 1. The summed E-state index contributed by atoms with van der Waals surface area (Å²) in [5, 5.41) is 14.7.